The normalized spacial score (nSPS) is 15.7. The molecule has 4 rings (SSSR count). The van der Waals surface area contributed by atoms with Gasteiger partial charge in [-0.05, 0) is 31.2 Å². The highest BCUT2D eigenvalue weighted by Gasteiger charge is 2.31. The second-order valence-corrected chi connectivity index (χ2v) is 9.06. The zero-order valence-corrected chi connectivity index (χ0v) is 17.0. The number of hydrogen-bond acceptors (Lipinski definition) is 5. The minimum Gasteiger partial charge on any atom is -0.408 e. The van der Waals surface area contributed by atoms with E-state index in [2.05, 4.69) is 0 Å². The van der Waals surface area contributed by atoms with Crippen LogP contribution in [0.4, 0.5) is 0 Å². The van der Waals surface area contributed by atoms with Crippen LogP contribution in [0.5, 0.6) is 0 Å². The lowest BCUT2D eigenvalue weighted by molar-refractivity contribution is 0.0698. The smallest absolute Gasteiger partial charge is 0.408 e. The lowest BCUT2D eigenvalue weighted by Crippen LogP contribution is -2.50. The summed E-state index contributed by atoms with van der Waals surface area (Å²) in [6, 6.07) is 11.7. The zero-order chi connectivity index (χ0) is 20.8. The standard InChI is InChI=1S/C20H21N3O5S/c1-14-3-5-15(6-4-14)19(24)22-9-11-23(12-10-22)29(26,27)16-7-8-17-18(13-16)28-20(25)21(17)2/h3-8,13H,9-12H2,1-2H3. The summed E-state index contributed by atoms with van der Waals surface area (Å²) in [4.78, 5) is 26.0. The molecule has 0 atom stereocenters. The zero-order valence-electron chi connectivity index (χ0n) is 16.2. The molecule has 0 spiro atoms. The highest BCUT2D eigenvalue weighted by molar-refractivity contribution is 7.89. The number of sulfonamides is 1. The number of aromatic nitrogens is 1. The van der Waals surface area contributed by atoms with Crippen molar-refractivity contribution in [3.63, 3.8) is 0 Å². The Labute approximate surface area is 168 Å². The van der Waals surface area contributed by atoms with Gasteiger partial charge in [0.1, 0.15) is 0 Å². The molecule has 9 heteroatoms. The Kier molecular flexibility index (Phi) is 4.79. The van der Waals surface area contributed by atoms with Gasteiger partial charge < -0.3 is 9.32 Å². The van der Waals surface area contributed by atoms with E-state index in [0.29, 0.717) is 24.2 Å². The van der Waals surface area contributed by atoms with E-state index in [1.54, 1.807) is 30.1 Å². The fraction of sp³-hybridized carbons (Fsp3) is 0.300. The second-order valence-electron chi connectivity index (χ2n) is 7.12. The maximum Gasteiger partial charge on any atom is 0.419 e. The molecule has 3 aromatic rings. The topological polar surface area (TPSA) is 92.8 Å². The number of carbonyl (C=O) groups excluding carboxylic acids is 1. The van der Waals surface area contributed by atoms with E-state index < -0.39 is 15.8 Å². The lowest BCUT2D eigenvalue weighted by Gasteiger charge is -2.34. The Morgan fingerprint density at radius 3 is 2.31 bits per heavy atom. The van der Waals surface area contributed by atoms with E-state index in [4.69, 9.17) is 4.42 Å². The molecule has 8 nitrogen and oxygen atoms in total. The molecule has 1 aliphatic rings. The number of aryl methyl sites for hydroxylation is 2. The van der Waals surface area contributed by atoms with Crippen molar-refractivity contribution in [1.29, 1.82) is 0 Å². The Balaban J connectivity index is 1.50. The minimum atomic E-state index is -3.75. The third-order valence-corrected chi connectivity index (χ3v) is 7.12. The summed E-state index contributed by atoms with van der Waals surface area (Å²) in [6.45, 7) is 2.99. The molecular formula is C20H21N3O5S. The molecule has 2 heterocycles. The van der Waals surface area contributed by atoms with Crippen molar-refractivity contribution in [2.24, 2.45) is 7.05 Å². The highest BCUT2D eigenvalue weighted by Crippen LogP contribution is 2.22. The van der Waals surface area contributed by atoms with Crippen LogP contribution in [0.1, 0.15) is 15.9 Å². The van der Waals surface area contributed by atoms with Gasteiger partial charge in [0.2, 0.25) is 10.0 Å². The van der Waals surface area contributed by atoms with E-state index in [0.717, 1.165) is 5.56 Å². The van der Waals surface area contributed by atoms with E-state index in [-0.39, 0.29) is 29.5 Å². The first-order valence-electron chi connectivity index (χ1n) is 9.23. The van der Waals surface area contributed by atoms with Crippen LogP contribution in [0.25, 0.3) is 11.1 Å². The van der Waals surface area contributed by atoms with Crippen LogP contribution in [0.3, 0.4) is 0 Å². The number of amides is 1. The maximum absolute atomic E-state index is 13.0. The molecule has 0 aliphatic carbocycles. The van der Waals surface area contributed by atoms with Crippen molar-refractivity contribution >= 4 is 27.0 Å². The van der Waals surface area contributed by atoms with Crippen LogP contribution >= 0.6 is 0 Å². The van der Waals surface area contributed by atoms with Gasteiger partial charge in [0, 0.05) is 44.9 Å². The number of benzene rings is 2. The predicted octanol–water partition coefficient (Wildman–Crippen LogP) is 1.59. The summed E-state index contributed by atoms with van der Waals surface area (Å²) in [5.41, 5.74) is 2.43. The van der Waals surface area contributed by atoms with Gasteiger partial charge in [0.15, 0.2) is 5.58 Å². The number of rotatable bonds is 3. The number of carbonyl (C=O) groups is 1. The van der Waals surface area contributed by atoms with Crippen molar-refractivity contribution in [3.05, 3.63) is 64.1 Å². The number of oxazole rings is 1. The van der Waals surface area contributed by atoms with Gasteiger partial charge in [-0.3, -0.25) is 9.36 Å². The average Bonchev–Trinajstić information content (AvgIpc) is 3.01. The first kappa shape index (κ1) is 19.4. The van der Waals surface area contributed by atoms with E-state index in [1.807, 2.05) is 19.1 Å². The van der Waals surface area contributed by atoms with Crippen molar-refractivity contribution < 1.29 is 17.6 Å². The Morgan fingerprint density at radius 2 is 1.66 bits per heavy atom. The van der Waals surface area contributed by atoms with Crippen molar-refractivity contribution in [3.8, 4) is 0 Å². The molecule has 152 valence electrons. The molecule has 1 amide bonds. The fourth-order valence-electron chi connectivity index (χ4n) is 3.43. The van der Waals surface area contributed by atoms with Crippen LogP contribution in [-0.4, -0.2) is 54.3 Å². The maximum atomic E-state index is 13.0. The number of hydrogen-bond donors (Lipinski definition) is 0. The van der Waals surface area contributed by atoms with Crippen LogP contribution in [0.15, 0.2) is 56.6 Å². The molecule has 0 radical (unpaired) electrons. The van der Waals surface area contributed by atoms with Gasteiger partial charge in [-0.25, -0.2) is 13.2 Å². The van der Waals surface area contributed by atoms with E-state index in [9.17, 15) is 18.0 Å². The SMILES string of the molecule is Cc1ccc(C(=O)N2CCN(S(=O)(=O)c3ccc4c(c3)oc(=O)n4C)CC2)cc1. The molecule has 29 heavy (non-hydrogen) atoms. The molecular weight excluding hydrogens is 394 g/mol. The molecule has 1 aliphatic heterocycles. The Hall–Kier alpha value is -2.91. The molecule has 0 unspecified atom stereocenters. The summed E-state index contributed by atoms with van der Waals surface area (Å²) < 4.78 is 33.8. The third-order valence-electron chi connectivity index (χ3n) is 5.23. The van der Waals surface area contributed by atoms with Crippen LogP contribution in [-0.2, 0) is 17.1 Å². The van der Waals surface area contributed by atoms with E-state index in [1.165, 1.54) is 21.0 Å². The summed E-state index contributed by atoms with van der Waals surface area (Å²) in [5.74, 6) is -0.646. The van der Waals surface area contributed by atoms with Crippen molar-refractivity contribution in [1.82, 2.24) is 13.8 Å². The average molecular weight is 415 g/mol. The summed E-state index contributed by atoms with van der Waals surface area (Å²) in [7, 11) is -2.19. The molecule has 0 N–H and O–H groups in total. The van der Waals surface area contributed by atoms with Gasteiger partial charge in [-0.2, -0.15) is 4.31 Å². The molecule has 0 saturated carbocycles. The Bertz CT molecular complexity index is 1230. The molecule has 1 fully saturated rings. The largest absolute Gasteiger partial charge is 0.419 e. The number of fused-ring (bicyclic) bond motifs is 1. The predicted molar refractivity (Wildman–Crippen MR) is 107 cm³/mol. The highest BCUT2D eigenvalue weighted by atomic mass is 32.2. The van der Waals surface area contributed by atoms with Gasteiger partial charge in [-0.1, -0.05) is 17.7 Å². The first-order chi connectivity index (χ1) is 13.8. The molecule has 2 aromatic carbocycles. The lowest BCUT2D eigenvalue weighted by atomic mass is 10.1. The summed E-state index contributed by atoms with van der Waals surface area (Å²) >= 11 is 0. The third kappa shape index (κ3) is 3.47. The first-order valence-corrected chi connectivity index (χ1v) is 10.7. The van der Waals surface area contributed by atoms with Gasteiger partial charge in [-0.15, -0.1) is 0 Å². The van der Waals surface area contributed by atoms with Crippen molar-refractivity contribution in [2.75, 3.05) is 26.2 Å². The summed E-state index contributed by atoms with van der Waals surface area (Å²) in [6.07, 6.45) is 0. The van der Waals surface area contributed by atoms with Gasteiger partial charge in [0.05, 0.1) is 10.4 Å². The monoisotopic (exact) mass is 415 g/mol. The van der Waals surface area contributed by atoms with E-state index >= 15 is 0 Å². The molecule has 0 bridgehead atoms. The molecule has 1 aromatic heterocycles. The van der Waals surface area contributed by atoms with Gasteiger partial charge in [0.25, 0.3) is 5.91 Å². The molecule has 1 saturated heterocycles. The summed E-state index contributed by atoms with van der Waals surface area (Å²) in [5, 5.41) is 0. The van der Waals surface area contributed by atoms with Crippen molar-refractivity contribution in [2.45, 2.75) is 11.8 Å². The van der Waals surface area contributed by atoms with Gasteiger partial charge >= 0.3 is 5.76 Å². The van der Waals surface area contributed by atoms with Crippen LogP contribution in [0.2, 0.25) is 0 Å². The number of piperazine rings is 1. The van der Waals surface area contributed by atoms with Crippen LogP contribution < -0.4 is 5.76 Å². The number of nitrogens with zero attached hydrogens (tertiary/aromatic N) is 3. The minimum absolute atomic E-state index is 0.0673. The fourth-order valence-corrected chi connectivity index (χ4v) is 4.87. The Morgan fingerprint density at radius 1 is 1.00 bits per heavy atom. The quantitative estimate of drug-likeness (QED) is 0.648. The second kappa shape index (κ2) is 7.16. The van der Waals surface area contributed by atoms with Crippen LogP contribution in [0, 0.1) is 6.92 Å².